The largest absolute Gasteiger partial charge is 0.192 e. The summed E-state index contributed by atoms with van der Waals surface area (Å²) in [6.07, 6.45) is 0. The molecular weight excluding hydrogens is 230 g/mol. The first kappa shape index (κ1) is 13.4. The van der Waals surface area contributed by atoms with Crippen LogP contribution in [0.2, 0.25) is 0 Å². The molecule has 0 radical (unpaired) electrons. The van der Waals surface area contributed by atoms with Gasteiger partial charge < -0.3 is 0 Å². The molecule has 2 unspecified atom stereocenters. The highest BCUT2D eigenvalue weighted by atomic mass is 14.3. The summed E-state index contributed by atoms with van der Waals surface area (Å²) < 4.78 is 0. The fourth-order valence-electron chi connectivity index (χ4n) is 2.43. The van der Waals surface area contributed by atoms with Crippen molar-refractivity contribution in [2.75, 3.05) is 0 Å². The minimum absolute atomic E-state index is 0.439. The topological polar surface area (TPSA) is 23.8 Å². The van der Waals surface area contributed by atoms with Crippen LogP contribution in [0.25, 0.3) is 0 Å². The summed E-state index contributed by atoms with van der Waals surface area (Å²) in [4.78, 5) is 0. The van der Waals surface area contributed by atoms with Crippen LogP contribution in [0.5, 0.6) is 0 Å². The molecule has 1 nitrogen and oxygen atoms in total. The number of aryl methyl sites for hydroxylation is 1. The highest BCUT2D eigenvalue weighted by Crippen LogP contribution is 2.32. The van der Waals surface area contributed by atoms with Gasteiger partial charge in [-0.25, -0.2) is 0 Å². The number of benzene rings is 2. The van der Waals surface area contributed by atoms with E-state index < -0.39 is 0 Å². The molecule has 2 atom stereocenters. The van der Waals surface area contributed by atoms with Gasteiger partial charge in [-0.2, -0.15) is 5.26 Å². The lowest BCUT2D eigenvalue weighted by atomic mass is 9.83. The first-order valence-corrected chi connectivity index (χ1v) is 6.69. The average molecular weight is 249 g/mol. The Morgan fingerprint density at radius 1 is 0.895 bits per heavy atom. The van der Waals surface area contributed by atoms with Crippen LogP contribution >= 0.6 is 0 Å². The van der Waals surface area contributed by atoms with Crippen molar-refractivity contribution in [2.24, 2.45) is 0 Å². The van der Waals surface area contributed by atoms with Gasteiger partial charge >= 0.3 is 0 Å². The maximum atomic E-state index is 8.99. The lowest BCUT2D eigenvalue weighted by Crippen LogP contribution is -2.05. The molecule has 19 heavy (non-hydrogen) atoms. The first-order chi connectivity index (χ1) is 9.13. The predicted molar refractivity (Wildman–Crippen MR) is 79.2 cm³/mol. The van der Waals surface area contributed by atoms with Crippen LogP contribution in [0, 0.1) is 18.3 Å². The van der Waals surface area contributed by atoms with Gasteiger partial charge in [0.25, 0.3) is 0 Å². The zero-order chi connectivity index (χ0) is 13.8. The van der Waals surface area contributed by atoms with E-state index in [1.165, 1.54) is 11.1 Å². The van der Waals surface area contributed by atoms with Gasteiger partial charge in [0, 0.05) is 0 Å². The van der Waals surface area contributed by atoms with Crippen LogP contribution in [0.1, 0.15) is 47.9 Å². The quantitative estimate of drug-likeness (QED) is 0.768. The van der Waals surface area contributed by atoms with E-state index in [0.29, 0.717) is 11.8 Å². The maximum absolute atomic E-state index is 8.99. The van der Waals surface area contributed by atoms with E-state index in [1.54, 1.807) is 0 Å². The third-order valence-electron chi connectivity index (χ3n) is 3.97. The lowest BCUT2D eigenvalue weighted by Gasteiger charge is -2.21. The van der Waals surface area contributed by atoms with E-state index in [-0.39, 0.29) is 0 Å². The number of hydrogen-bond acceptors (Lipinski definition) is 1. The van der Waals surface area contributed by atoms with Gasteiger partial charge in [0.1, 0.15) is 0 Å². The summed E-state index contributed by atoms with van der Waals surface area (Å²) in [5.41, 5.74) is 4.49. The number of nitrogens with zero attached hydrogens (tertiary/aromatic N) is 1. The highest BCUT2D eigenvalue weighted by molar-refractivity contribution is 5.41. The Morgan fingerprint density at radius 2 is 1.53 bits per heavy atom. The molecular formula is C18H19N. The second kappa shape index (κ2) is 5.71. The van der Waals surface area contributed by atoms with E-state index in [1.807, 2.05) is 19.1 Å². The molecule has 0 N–H and O–H groups in total. The Labute approximate surface area is 115 Å². The SMILES string of the molecule is Cc1cc(C(C)C(C)c2ccccc2)ccc1C#N. The van der Waals surface area contributed by atoms with Crippen molar-refractivity contribution in [1.82, 2.24) is 0 Å². The maximum Gasteiger partial charge on any atom is 0.0994 e. The van der Waals surface area contributed by atoms with Crippen molar-refractivity contribution in [1.29, 1.82) is 5.26 Å². The summed E-state index contributed by atoms with van der Waals surface area (Å²) in [6, 6.07) is 18.9. The first-order valence-electron chi connectivity index (χ1n) is 6.69. The highest BCUT2D eigenvalue weighted by Gasteiger charge is 2.16. The van der Waals surface area contributed by atoms with Crippen molar-refractivity contribution in [3.63, 3.8) is 0 Å². The monoisotopic (exact) mass is 249 g/mol. The molecule has 0 fully saturated rings. The van der Waals surface area contributed by atoms with Crippen molar-refractivity contribution >= 4 is 0 Å². The minimum atomic E-state index is 0.439. The Bertz CT molecular complexity index is 593. The van der Waals surface area contributed by atoms with E-state index >= 15 is 0 Å². The molecule has 0 amide bonds. The molecule has 0 aliphatic rings. The molecule has 2 aromatic rings. The summed E-state index contributed by atoms with van der Waals surface area (Å²) in [6.45, 7) is 6.51. The lowest BCUT2D eigenvalue weighted by molar-refractivity contribution is 0.623. The zero-order valence-electron chi connectivity index (χ0n) is 11.7. The third-order valence-corrected chi connectivity index (χ3v) is 3.97. The standard InChI is InChI=1S/C18H19N/c1-13-11-17(9-10-18(13)12-19)15(3)14(2)16-7-5-4-6-8-16/h4-11,14-15H,1-3H3. The molecule has 0 aromatic heterocycles. The van der Waals surface area contributed by atoms with E-state index in [4.69, 9.17) is 5.26 Å². The van der Waals surface area contributed by atoms with Gasteiger partial charge in [-0.15, -0.1) is 0 Å². The second-order valence-electron chi connectivity index (χ2n) is 5.17. The predicted octanol–water partition coefficient (Wildman–Crippen LogP) is 4.77. The summed E-state index contributed by atoms with van der Waals surface area (Å²) in [5, 5.41) is 8.99. The molecule has 2 aromatic carbocycles. The van der Waals surface area contributed by atoms with Crippen LogP contribution in [0.3, 0.4) is 0 Å². The van der Waals surface area contributed by atoms with Crippen molar-refractivity contribution in [3.05, 3.63) is 70.8 Å². The number of rotatable bonds is 3. The second-order valence-corrected chi connectivity index (χ2v) is 5.17. The molecule has 1 heteroatoms. The fourth-order valence-corrected chi connectivity index (χ4v) is 2.43. The summed E-state index contributed by atoms with van der Waals surface area (Å²) in [7, 11) is 0. The van der Waals surface area contributed by atoms with Crippen LogP contribution in [0.4, 0.5) is 0 Å². The Kier molecular flexibility index (Phi) is 4.02. The molecule has 0 bridgehead atoms. The fraction of sp³-hybridized carbons (Fsp3) is 0.278. The van der Waals surface area contributed by atoms with Crippen molar-refractivity contribution in [2.45, 2.75) is 32.6 Å². The van der Waals surface area contributed by atoms with Gasteiger partial charge in [-0.05, 0) is 41.5 Å². The summed E-state index contributed by atoms with van der Waals surface area (Å²) >= 11 is 0. The van der Waals surface area contributed by atoms with Crippen LogP contribution in [-0.4, -0.2) is 0 Å². The van der Waals surface area contributed by atoms with Crippen molar-refractivity contribution in [3.8, 4) is 6.07 Å². The molecule has 2 rings (SSSR count). The van der Waals surface area contributed by atoms with Gasteiger partial charge in [-0.1, -0.05) is 56.3 Å². The molecule has 0 spiro atoms. The van der Waals surface area contributed by atoms with Gasteiger partial charge in [0.15, 0.2) is 0 Å². The normalized spacial score (nSPS) is 13.6. The van der Waals surface area contributed by atoms with Gasteiger partial charge in [0.05, 0.1) is 11.6 Å². The molecule has 96 valence electrons. The van der Waals surface area contributed by atoms with E-state index in [9.17, 15) is 0 Å². The van der Waals surface area contributed by atoms with E-state index in [2.05, 4.69) is 56.3 Å². The Hall–Kier alpha value is -2.07. The van der Waals surface area contributed by atoms with E-state index in [0.717, 1.165) is 11.1 Å². The molecule has 0 heterocycles. The Balaban J connectivity index is 2.27. The number of hydrogen-bond donors (Lipinski definition) is 0. The zero-order valence-corrected chi connectivity index (χ0v) is 11.7. The molecule has 0 saturated carbocycles. The smallest absolute Gasteiger partial charge is 0.0994 e. The molecule has 0 aliphatic carbocycles. The Morgan fingerprint density at radius 3 is 2.11 bits per heavy atom. The van der Waals surface area contributed by atoms with Crippen molar-refractivity contribution < 1.29 is 0 Å². The third kappa shape index (κ3) is 2.85. The van der Waals surface area contributed by atoms with Crippen LogP contribution < -0.4 is 0 Å². The summed E-state index contributed by atoms with van der Waals surface area (Å²) in [5.74, 6) is 0.905. The van der Waals surface area contributed by atoms with Gasteiger partial charge in [0.2, 0.25) is 0 Å². The average Bonchev–Trinajstić information content (AvgIpc) is 2.46. The minimum Gasteiger partial charge on any atom is -0.192 e. The van der Waals surface area contributed by atoms with Crippen LogP contribution in [-0.2, 0) is 0 Å². The number of nitriles is 1. The molecule has 0 aliphatic heterocycles. The molecule has 0 saturated heterocycles. The van der Waals surface area contributed by atoms with Crippen LogP contribution in [0.15, 0.2) is 48.5 Å². The van der Waals surface area contributed by atoms with Gasteiger partial charge in [-0.3, -0.25) is 0 Å².